The molecule has 0 aromatic heterocycles. The van der Waals surface area contributed by atoms with Gasteiger partial charge in [-0.05, 0) is 32.6 Å². The van der Waals surface area contributed by atoms with E-state index in [2.05, 4.69) is 0 Å². The number of carboxylic acids is 1. The third-order valence-corrected chi connectivity index (χ3v) is 3.08. The molecular weight excluding hydrogens is 316 g/mol. The van der Waals surface area contributed by atoms with Gasteiger partial charge in [0, 0.05) is 12.8 Å². The largest absolute Gasteiger partial charge is 0.481 e. The van der Waals surface area contributed by atoms with Crippen LogP contribution in [0.1, 0.15) is 60.8 Å². The Bertz CT molecular complexity index is 393. The van der Waals surface area contributed by atoms with Gasteiger partial charge in [0.1, 0.15) is 6.61 Å². The van der Waals surface area contributed by atoms with Crippen LogP contribution in [0.4, 0.5) is 0 Å². The fraction of sp³-hybridized carbons (Fsp3) is 0.882. The van der Waals surface area contributed by atoms with Crippen LogP contribution in [0.5, 0.6) is 0 Å². The first-order valence-corrected chi connectivity index (χ1v) is 8.16. The Balaban J connectivity index is 4.61. The highest BCUT2D eigenvalue weighted by Gasteiger charge is 2.30. The topological polar surface area (TPSA) is 102 Å². The van der Waals surface area contributed by atoms with Gasteiger partial charge in [0.05, 0.1) is 18.3 Å². The summed E-state index contributed by atoms with van der Waals surface area (Å²) in [6, 6.07) is 0. The zero-order chi connectivity index (χ0) is 19.0. The average Bonchev–Trinajstić information content (AvgIpc) is 2.38. The third-order valence-electron chi connectivity index (χ3n) is 3.08. The molecule has 0 heterocycles. The number of ether oxygens (including phenoxy) is 3. The Kier molecular flexibility index (Phi) is 9.47. The maximum absolute atomic E-state index is 11.7. The van der Waals surface area contributed by atoms with E-state index in [4.69, 9.17) is 19.3 Å². The predicted molar refractivity (Wildman–Crippen MR) is 88.5 cm³/mol. The van der Waals surface area contributed by atoms with Crippen molar-refractivity contribution in [2.24, 2.45) is 5.41 Å². The molecule has 0 rings (SSSR count). The van der Waals surface area contributed by atoms with Gasteiger partial charge in [-0.1, -0.05) is 20.8 Å². The third kappa shape index (κ3) is 11.4. The van der Waals surface area contributed by atoms with E-state index < -0.39 is 29.9 Å². The van der Waals surface area contributed by atoms with Gasteiger partial charge in [0.2, 0.25) is 0 Å². The van der Waals surface area contributed by atoms with Crippen LogP contribution in [-0.4, -0.2) is 53.4 Å². The second kappa shape index (κ2) is 9.96. The van der Waals surface area contributed by atoms with E-state index in [-0.39, 0.29) is 37.9 Å². The van der Waals surface area contributed by atoms with E-state index in [1.54, 1.807) is 0 Å². The molecule has 0 aromatic carbocycles. The number of esters is 1. The first kappa shape index (κ1) is 22.8. The molecule has 0 radical (unpaired) electrons. The van der Waals surface area contributed by atoms with Gasteiger partial charge >= 0.3 is 11.9 Å². The fourth-order valence-corrected chi connectivity index (χ4v) is 1.82. The van der Waals surface area contributed by atoms with Crippen LogP contribution >= 0.6 is 0 Å². The summed E-state index contributed by atoms with van der Waals surface area (Å²) in [6.07, 6.45) is -1.12. The molecule has 0 saturated carbocycles. The van der Waals surface area contributed by atoms with Gasteiger partial charge in [0.15, 0.2) is 6.29 Å². The van der Waals surface area contributed by atoms with Crippen molar-refractivity contribution < 1.29 is 34.0 Å². The molecule has 24 heavy (non-hydrogen) atoms. The summed E-state index contributed by atoms with van der Waals surface area (Å²) in [5, 5.41) is 18.1. The number of aliphatic carboxylic acids is 1. The SMILES string of the molecule is CC(C)(C)OC(COC(=O)CCCC(=O)O)OC(CO)C(C)(C)C. The second-order valence-corrected chi connectivity index (χ2v) is 7.76. The highest BCUT2D eigenvalue weighted by atomic mass is 16.7. The van der Waals surface area contributed by atoms with Crippen LogP contribution in [0.15, 0.2) is 0 Å². The van der Waals surface area contributed by atoms with Gasteiger partial charge in [-0.25, -0.2) is 0 Å². The lowest BCUT2D eigenvalue weighted by Gasteiger charge is -2.35. The number of carbonyl (C=O) groups is 2. The zero-order valence-corrected chi connectivity index (χ0v) is 15.6. The van der Waals surface area contributed by atoms with E-state index >= 15 is 0 Å². The molecule has 0 saturated heterocycles. The number of hydrogen-bond acceptors (Lipinski definition) is 6. The van der Waals surface area contributed by atoms with E-state index in [0.717, 1.165) is 0 Å². The Morgan fingerprint density at radius 2 is 1.62 bits per heavy atom. The van der Waals surface area contributed by atoms with E-state index in [1.165, 1.54) is 0 Å². The smallest absolute Gasteiger partial charge is 0.305 e. The van der Waals surface area contributed by atoms with Gasteiger partial charge < -0.3 is 24.4 Å². The summed E-state index contributed by atoms with van der Waals surface area (Å²) in [7, 11) is 0. The summed E-state index contributed by atoms with van der Waals surface area (Å²) in [5.74, 6) is -1.45. The molecule has 2 unspecified atom stereocenters. The minimum absolute atomic E-state index is 0.0250. The lowest BCUT2D eigenvalue weighted by Crippen LogP contribution is -2.42. The molecule has 142 valence electrons. The molecule has 0 aliphatic carbocycles. The molecule has 0 bridgehead atoms. The Hall–Kier alpha value is -1.18. The molecule has 0 amide bonds. The van der Waals surface area contributed by atoms with Crippen LogP contribution in [0.2, 0.25) is 0 Å². The van der Waals surface area contributed by atoms with Crippen molar-refractivity contribution >= 4 is 11.9 Å². The lowest BCUT2D eigenvalue weighted by atomic mass is 9.89. The van der Waals surface area contributed by atoms with Crippen molar-refractivity contribution in [3.63, 3.8) is 0 Å². The van der Waals surface area contributed by atoms with Gasteiger partial charge in [-0.3, -0.25) is 9.59 Å². The van der Waals surface area contributed by atoms with E-state index in [9.17, 15) is 14.7 Å². The number of carboxylic acid groups (broad SMARTS) is 1. The van der Waals surface area contributed by atoms with Crippen molar-refractivity contribution in [2.45, 2.75) is 78.8 Å². The van der Waals surface area contributed by atoms with E-state index in [0.29, 0.717) is 0 Å². The summed E-state index contributed by atoms with van der Waals surface area (Å²) in [6.45, 7) is 11.0. The van der Waals surface area contributed by atoms with Crippen molar-refractivity contribution in [3.8, 4) is 0 Å². The summed E-state index contributed by atoms with van der Waals surface area (Å²) in [5.41, 5.74) is -0.821. The average molecular weight is 348 g/mol. The Morgan fingerprint density at radius 1 is 1.04 bits per heavy atom. The second-order valence-electron chi connectivity index (χ2n) is 7.76. The standard InChI is InChI=1S/C17H32O7/c1-16(2,3)12(10-18)23-15(24-17(4,5)6)11-22-14(21)9-7-8-13(19)20/h12,15,18H,7-11H2,1-6H3,(H,19,20). The minimum Gasteiger partial charge on any atom is -0.481 e. The van der Waals surface area contributed by atoms with Crippen LogP contribution < -0.4 is 0 Å². The lowest BCUT2D eigenvalue weighted by molar-refractivity contribution is -0.251. The molecule has 0 aliphatic heterocycles. The highest BCUT2D eigenvalue weighted by Crippen LogP contribution is 2.25. The Labute approximate surface area is 144 Å². The number of hydrogen-bond donors (Lipinski definition) is 2. The van der Waals surface area contributed by atoms with Gasteiger partial charge in [-0.15, -0.1) is 0 Å². The summed E-state index contributed by atoms with van der Waals surface area (Å²) in [4.78, 5) is 22.1. The van der Waals surface area contributed by atoms with Crippen molar-refractivity contribution in [2.75, 3.05) is 13.2 Å². The molecular formula is C17H32O7. The molecule has 2 atom stereocenters. The molecule has 0 aliphatic rings. The van der Waals surface area contributed by atoms with Crippen molar-refractivity contribution in [3.05, 3.63) is 0 Å². The molecule has 0 aromatic rings. The summed E-state index contributed by atoms with van der Waals surface area (Å²) < 4.78 is 16.7. The van der Waals surface area contributed by atoms with Crippen LogP contribution in [0.25, 0.3) is 0 Å². The quantitative estimate of drug-likeness (QED) is 0.461. The predicted octanol–water partition coefficient (Wildman–Crippen LogP) is 2.35. The zero-order valence-electron chi connectivity index (χ0n) is 15.6. The molecule has 0 spiro atoms. The normalized spacial score (nSPS) is 15.0. The minimum atomic E-state index is -0.948. The number of rotatable bonds is 10. The van der Waals surface area contributed by atoms with Crippen LogP contribution in [0.3, 0.4) is 0 Å². The monoisotopic (exact) mass is 348 g/mol. The van der Waals surface area contributed by atoms with Crippen LogP contribution in [-0.2, 0) is 23.8 Å². The molecule has 7 heteroatoms. The molecule has 7 nitrogen and oxygen atoms in total. The van der Waals surface area contributed by atoms with Crippen molar-refractivity contribution in [1.82, 2.24) is 0 Å². The first-order chi connectivity index (χ1) is 10.8. The highest BCUT2D eigenvalue weighted by molar-refractivity contribution is 5.71. The van der Waals surface area contributed by atoms with Gasteiger partial charge in [0.25, 0.3) is 0 Å². The molecule has 0 fully saturated rings. The maximum atomic E-state index is 11.7. The maximum Gasteiger partial charge on any atom is 0.305 e. The first-order valence-electron chi connectivity index (χ1n) is 8.16. The van der Waals surface area contributed by atoms with Crippen molar-refractivity contribution in [1.29, 1.82) is 0 Å². The molecule has 2 N–H and O–H groups in total. The summed E-state index contributed by atoms with van der Waals surface area (Å²) >= 11 is 0. The number of aliphatic hydroxyl groups is 1. The fourth-order valence-electron chi connectivity index (χ4n) is 1.82. The van der Waals surface area contributed by atoms with Gasteiger partial charge in [-0.2, -0.15) is 0 Å². The number of aliphatic hydroxyl groups excluding tert-OH is 1. The van der Waals surface area contributed by atoms with Crippen LogP contribution in [0, 0.1) is 5.41 Å². The Morgan fingerprint density at radius 3 is 2.04 bits per heavy atom. The number of carbonyl (C=O) groups excluding carboxylic acids is 1. The van der Waals surface area contributed by atoms with E-state index in [1.807, 2.05) is 41.5 Å².